The van der Waals surface area contributed by atoms with Crippen molar-refractivity contribution in [3.63, 3.8) is 0 Å². The molecule has 1 heterocycles. The summed E-state index contributed by atoms with van der Waals surface area (Å²) >= 11 is 0. The molecular formula is C22H33NO3. The van der Waals surface area contributed by atoms with E-state index in [1.54, 1.807) is 0 Å². The van der Waals surface area contributed by atoms with E-state index in [-0.39, 0.29) is 5.97 Å². The molecule has 0 N–H and O–H groups in total. The van der Waals surface area contributed by atoms with Crippen LogP contribution in [-0.2, 0) is 19.9 Å². The van der Waals surface area contributed by atoms with Crippen molar-refractivity contribution in [2.75, 3.05) is 32.8 Å². The summed E-state index contributed by atoms with van der Waals surface area (Å²) in [5, 5.41) is 0. The molecule has 0 atom stereocenters. The fourth-order valence-corrected chi connectivity index (χ4v) is 3.27. The van der Waals surface area contributed by atoms with Crippen LogP contribution < -0.4 is 0 Å². The van der Waals surface area contributed by atoms with Crippen LogP contribution in [-0.4, -0.2) is 43.7 Å². The molecular weight excluding hydrogens is 326 g/mol. The number of rotatable bonds is 10. The fraction of sp³-hybridized carbons (Fsp3) is 0.591. The van der Waals surface area contributed by atoms with Crippen LogP contribution >= 0.6 is 0 Å². The molecule has 144 valence electrons. The molecule has 0 radical (unpaired) electrons. The summed E-state index contributed by atoms with van der Waals surface area (Å²) in [7, 11) is 0. The number of piperidine rings is 1. The second-order valence-electron chi connectivity index (χ2n) is 6.89. The Labute approximate surface area is 158 Å². The van der Waals surface area contributed by atoms with Crippen LogP contribution in [0.25, 0.3) is 0 Å². The first-order valence-electron chi connectivity index (χ1n) is 9.92. The van der Waals surface area contributed by atoms with Crippen molar-refractivity contribution in [3.05, 3.63) is 48.0 Å². The maximum atomic E-state index is 12.0. The van der Waals surface area contributed by atoms with Gasteiger partial charge in [0.05, 0.1) is 6.61 Å². The fourth-order valence-electron chi connectivity index (χ4n) is 3.27. The highest BCUT2D eigenvalue weighted by atomic mass is 16.6. The average molecular weight is 360 g/mol. The monoisotopic (exact) mass is 359 g/mol. The summed E-state index contributed by atoms with van der Waals surface area (Å²) in [6.07, 6.45) is 8.67. The van der Waals surface area contributed by atoms with Gasteiger partial charge in [0.2, 0.25) is 0 Å². The predicted molar refractivity (Wildman–Crippen MR) is 105 cm³/mol. The Morgan fingerprint density at radius 1 is 1.15 bits per heavy atom. The van der Waals surface area contributed by atoms with Gasteiger partial charge in [-0.1, -0.05) is 62.8 Å². The van der Waals surface area contributed by atoms with E-state index < -0.39 is 5.60 Å². The summed E-state index contributed by atoms with van der Waals surface area (Å²) in [4.78, 5) is 14.4. The summed E-state index contributed by atoms with van der Waals surface area (Å²) in [6, 6.07) is 10.2. The van der Waals surface area contributed by atoms with Crippen molar-refractivity contribution >= 4 is 5.97 Å². The van der Waals surface area contributed by atoms with E-state index in [1.807, 2.05) is 25.1 Å². The van der Waals surface area contributed by atoms with E-state index in [9.17, 15) is 4.79 Å². The summed E-state index contributed by atoms with van der Waals surface area (Å²) in [5.41, 5.74) is 0.638. The van der Waals surface area contributed by atoms with Gasteiger partial charge in [-0.2, -0.15) is 0 Å². The number of esters is 1. The molecule has 0 amide bonds. The number of hydrogen-bond donors (Lipinski definition) is 0. The largest absolute Gasteiger partial charge is 0.454 e. The van der Waals surface area contributed by atoms with E-state index in [2.05, 4.69) is 36.1 Å². The molecule has 1 aromatic carbocycles. The number of likely N-dealkylation sites (tertiary alicyclic amines) is 1. The zero-order valence-corrected chi connectivity index (χ0v) is 16.3. The molecule has 4 nitrogen and oxygen atoms in total. The number of carbonyl (C=O) groups excluding carboxylic acids is 1. The SMILES string of the molecule is CCCCOCC=CCN1CCC(OC(=O)CC)(c2ccccc2)CC1. The van der Waals surface area contributed by atoms with Gasteiger partial charge in [0.25, 0.3) is 0 Å². The highest BCUT2D eigenvalue weighted by Crippen LogP contribution is 2.37. The van der Waals surface area contributed by atoms with Crippen LogP contribution in [0, 0.1) is 0 Å². The summed E-state index contributed by atoms with van der Waals surface area (Å²) in [5.74, 6) is -0.119. The third-order valence-corrected chi connectivity index (χ3v) is 4.95. The Kier molecular flexibility index (Phi) is 8.86. The lowest BCUT2D eigenvalue weighted by Crippen LogP contribution is -2.45. The van der Waals surface area contributed by atoms with Gasteiger partial charge < -0.3 is 9.47 Å². The van der Waals surface area contributed by atoms with Crippen LogP contribution in [0.5, 0.6) is 0 Å². The molecule has 1 saturated heterocycles. The van der Waals surface area contributed by atoms with Crippen molar-refractivity contribution in [3.8, 4) is 0 Å². The number of carbonyl (C=O) groups is 1. The Morgan fingerprint density at radius 3 is 2.54 bits per heavy atom. The average Bonchev–Trinajstić information content (AvgIpc) is 2.69. The molecule has 1 fully saturated rings. The van der Waals surface area contributed by atoms with Gasteiger partial charge in [-0.25, -0.2) is 0 Å². The molecule has 1 aliphatic rings. The first-order chi connectivity index (χ1) is 12.7. The lowest BCUT2D eigenvalue weighted by Gasteiger charge is -2.41. The highest BCUT2D eigenvalue weighted by molar-refractivity contribution is 5.69. The van der Waals surface area contributed by atoms with Crippen molar-refractivity contribution in [2.24, 2.45) is 0 Å². The van der Waals surface area contributed by atoms with E-state index in [4.69, 9.17) is 9.47 Å². The maximum absolute atomic E-state index is 12.0. The first-order valence-corrected chi connectivity index (χ1v) is 9.92. The molecule has 0 spiro atoms. The number of unbranched alkanes of at least 4 members (excludes halogenated alkanes) is 1. The second kappa shape index (κ2) is 11.1. The van der Waals surface area contributed by atoms with Crippen molar-refractivity contribution in [1.29, 1.82) is 0 Å². The lowest BCUT2D eigenvalue weighted by atomic mass is 9.84. The number of benzene rings is 1. The molecule has 26 heavy (non-hydrogen) atoms. The zero-order valence-electron chi connectivity index (χ0n) is 16.3. The number of hydrogen-bond acceptors (Lipinski definition) is 4. The normalized spacial score (nSPS) is 17.5. The first kappa shape index (κ1) is 20.7. The van der Waals surface area contributed by atoms with Crippen LogP contribution in [0.1, 0.15) is 51.5 Å². The van der Waals surface area contributed by atoms with Crippen molar-refractivity contribution in [2.45, 2.75) is 51.6 Å². The van der Waals surface area contributed by atoms with Crippen LogP contribution in [0.15, 0.2) is 42.5 Å². The molecule has 0 bridgehead atoms. The van der Waals surface area contributed by atoms with E-state index >= 15 is 0 Å². The molecule has 0 saturated carbocycles. The summed E-state index contributed by atoms with van der Waals surface area (Å²) in [6.45, 7) is 8.32. The minimum atomic E-state index is -0.474. The molecule has 1 aliphatic heterocycles. The van der Waals surface area contributed by atoms with Gasteiger partial charge in [0.15, 0.2) is 0 Å². The molecule has 4 heteroatoms. The Bertz CT molecular complexity index is 548. The van der Waals surface area contributed by atoms with Crippen molar-refractivity contribution < 1.29 is 14.3 Å². The maximum Gasteiger partial charge on any atom is 0.306 e. The van der Waals surface area contributed by atoms with Gasteiger partial charge >= 0.3 is 5.97 Å². The van der Waals surface area contributed by atoms with Crippen LogP contribution in [0.2, 0.25) is 0 Å². The van der Waals surface area contributed by atoms with Crippen LogP contribution in [0.4, 0.5) is 0 Å². The number of ether oxygens (including phenoxy) is 2. The molecule has 0 aliphatic carbocycles. The Balaban J connectivity index is 1.86. The third kappa shape index (κ3) is 6.26. The van der Waals surface area contributed by atoms with Gasteiger partial charge in [0.1, 0.15) is 5.60 Å². The molecule has 1 aromatic rings. The molecule has 2 rings (SSSR count). The van der Waals surface area contributed by atoms with Gasteiger partial charge in [0, 0.05) is 45.5 Å². The quantitative estimate of drug-likeness (QED) is 0.355. The Morgan fingerprint density at radius 2 is 1.88 bits per heavy atom. The van der Waals surface area contributed by atoms with E-state index in [1.165, 1.54) is 6.42 Å². The van der Waals surface area contributed by atoms with E-state index in [0.717, 1.165) is 51.1 Å². The topological polar surface area (TPSA) is 38.8 Å². The second-order valence-corrected chi connectivity index (χ2v) is 6.89. The zero-order chi connectivity index (χ0) is 18.7. The number of nitrogens with zero attached hydrogens (tertiary/aromatic N) is 1. The third-order valence-electron chi connectivity index (χ3n) is 4.95. The highest BCUT2D eigenvalue weighted by Gasteiger charge is 2.39. The van der Waals surface area contributed by atoms with Crippen molar-refractivity contribution in [1.82, 2.24) is 4.90 Å². The van der Waals surface area contributed by atoms with E-state index in [0.29, 0.717) is 13.0 Å². The molecule has 0 unspecified atom stereocenters. The minimum Gasteiger partial charge on any atom is -0.454 e. The minimum absolute atomic E-state index is 0.119. The Hall–Kier alpha value is -1.65. The van der Waals surface area contributed by atoms with Gasteiger partial charge in [-0.3, -0.25) is 9.69 Å². The predicted octanol–water partition coefficient (Wildman–Crippen LogP) is 4.30. The van der Waals surface area contributed by atoms with Gasteiger partial charge in [-0.05, 0) is 12.0 Å². The van der Waals surface area contributed by atoms with Crippen LogP contribution in [0.3, 0.4) is 0 Å². The smallest absolute Gasteiger partial charge is 0.306 e. The lowest BCUT2D eigenvalue weighted by molar-refractivity contribution is -0.166. The summed E-state index contributed by atoms with van der Waals surface area (Å²) < 4.78 is 11.5. The standard InChI is InChI=1S/C22H33NO3/c1-3-5-18-25-19-10-9-15-23-16-13-22(14-17-23,26-21(24)4-2)20-11-7-6-8-12-20/h6-12H,3-5,13-19H2,1-2H3. The molecule has 0 aromatic heterocycles. The van der Waals surface area contributed by atoms with Gasteiger partial charge in [-0.15, -0.1) is 0 Å².